The largest absolute Gasteiger partial charge is 0.464 e. The van der Waals surface area contributed by atoms with Crippen molar-refractivity contribution in [3.63, 3.8) is 0 Å². The lowest BCUT2D eigenvalue weighted by Crippen LogP contribution is -2.35. The van der Waals surface area contributed by atoms with Gasteiger partial charge in [-0.1, -0.05) is 95.6 Å². The zero-order chi connectivity index (χ0) is 15.7. The van der Waals surface area contributed by atoms with Crippen LogP contribution in [0, 0.1) is 0 Å². The molecule has 0 aliphatic rings. The van der Waals surface area contributed by atoms with E-state index in [0.29, 0.717) is 10.7 Å². The van der Waals surface area contributed by atoms with Crippen molar-refractivity contribution in [1.82, 2.24) is 0 Å². The highest BCUT2D eigenvalue weighted by molar-refractivity contribution is 9.13. The van der Waals surface area contributed by atoms with Crippen LogP contribution in [0.3, 0.4) is 0 Å². The number of hydrogen-bond donors (Lipinski definition) is 0. The fourth-order valence-electron chi connectivity index (χ4n) is 0.832. The molecule has 10 heteroatoms. The Kier molecular flexibility index (Phi) is 13.4. The minimum absolute atomic E-state index is 0.0277. The van der Waals surface area contributed by atoms with E-state index in [0.717, 1.165) is 0 Å². The van der Waals surface area contributed by atoms with E-state index in [4.69, 9.17) is 9.47 Å². The first-order chi connectivity index (χ1) is 9.33. The monoisotopic (exact) mass is 670 g/mol. The Hall–Kier alpha value is 1.82. The first-order valence-corrected chi connectivity index (χ1v) is 11.3. The number of alkyl halides is 6. The molecular formula is C10H12Br6O4. The zero-order valence-electron chi connectivity index (χ0n) is 10.0. The van der Waals surface area contributed by atoms with E-state index in [9.17, 15) is 9.59 Å². The van der Waals surface area contributed by atoms with Gasteiger partial charge in [0.2, 0.25) is 0 Å². The summed E-state index contributed by atoms with van der Waals surface area (Å²) in [7, 11) is 0. The van der Waals surface area contributed by atoms with Crippen molar-refractivity contribution in [3.8, 4) is 0 Å². The second-order valence-electron chi connectivity index (χ2n) is 3.57. The summed E-state index contributed by atoms with van der Waals surface area (Å²) in [5.41, 5.74) is 0. The summed E-state index contributed by atoms with van der Waals surface area (Å²) in [4.78, 5) is 21.9. The van der Waals surface area contributed by atoms with E-state index in [-0.39, 0.29) is 22.9 Å². The third kappa shape index (κ3) is 9.07. The van der Waals surface area contributed by atoms with Gasteiger partial charge in [0.05, 0.1) is 9.65 Å². The second kappa shape index (κ2) is 12.3. The zero-order valence-corrected chi connectivity index (χ0v) is 19.6. The lowest BCUT2D eigenvalue weighted by atomic mass is 10.3. The molecule has 0 bridgehead atoms. The number of carbonyl (C=O) groups is 2. The molecule has 0 saturated carbocycles. The van der Waals surface area contributed by atoms with Crippen molar-refractivity contribution in [2.45, 2.75) is 19.3 Å². The quantitative estimate of drug-likeness (QED) is 0.275. The van der Waals surface area contributed by atoms with E-state index in [2.05, 4.69) is 95.6 Å². The van der Waals surface area contributed by atoms with Gasteiger partial charge in [-0.15, -0.1) is 0 Å². The van der Waals surface area contributed by atoms with Crippen LogP contribution in [0.2, 0.25) is 0 Å². The van der Waals surface area contributed by atoms with Gasteiger partial charge in [-0.3, -0.25) is 9.59 Å². The maximum atomic E-state index is 11.7. The highest BCUT2D eigenvalue weighted by Crippen LogP contribution is 2.19. The molecule has 20 heavy (non-hydrogen) atoms. The molecule has 0 saturated heterocycles. The van der Waals surface area contributed by atoms with Gasteiger partial charge in [-0.2, -0.15) is 0 Å². The average molecular weight is 676 g/mol. The Morgan fingerprint density at radius 3 is 1.30 bits per heavy atom. The summed E-state index contributed by atoms with van der Waals surface area (Å²) < 4.78 is 10.1. The normalized spacial score (nSPS) is 16.9. The van der Waals surface area contributed by atoms with Gasteiger partial charge < -0.3 is 9.47 Å². The lowest BCUT2D eigenvalue weighted by molar-refractivity contribution is -0.148. The average Bonchev–Trinajstić information content (AvgIpc) is 2.47. The van der Waals surface area contributed by atoms with Crippen LogP contribution in [0.25, 0.3) is 0 Å². The third-order valence-electron chi connectivity index (χ3n) is 1.86. The van der Waals surface area contributed by atoms with Crippen molar-refractivity contribution >= 4 is 108 Å². The Balaban J connectivity index is 4.20. The molecule has 0 rings (SSSR count). The van der Waals surface area contributed by atoms with Crippen LogP contribution in [-0.4, -0.2) is 55.1 Å². The van der Waals surface area contributed by atoms with Gasteiger partial charge >= 0.3 is 11.9 Å². The standard InChI is InChI=1S/C10H12Br6O4/c11-1-5(13)3-19-9(17)7(15)8(16)10(18)20-4-6(14)2-12/h5-8H,1-4H2. The highest BCUT2D eigenvalue weighted by atomic mass is 79.9. The number of carbonyl (C=O) groups excluding carboxylic acids is 2. The number of hydrogen-bond acceptors (Lipinski definition) is 4. The molecule has 0 aromatic heterocycles. The van der Waals surface area contributed by atoms with Gasteiger partial charge in [0.25, 0.3) is 0 Å². The number of esters is 2. The summed E-state index contributed by atoms with van der Waals surface area (Å²) in [6.07, 6.45) is 0. The number of ether oxygens (including phenoxy) is 2. The van der Waals surface area contributed by atoms with E-state index in [1.807, 2.05) is 0 Å². The molecule has 118 valence electrons. The molecule has 0 aromatic rings. The predicted molar refractivity (Wildman–Crippen MR) is 100 cm³/mol. The number of halogens is 6. The van der Waals surface area contributed by atoms with Gasteiger partial charge in [-0.05, 0) is 0 Å². The van der Waals surface area contributed by atoms with Crippen LogP contribution >= 0.6 is 95.6 Å². The van der Waals surface area contributed by atoms with Crippen LogP contribution in [0.15, 0.2) is 0 Å². The minimum Gasteiger partial charge on any atom is -0.464 e. The molecule has 0 heterocycles. The third-order valence-corrected chi connectivity index (χ3v) is 8.85. The summed E-state index contributed by atoms with van der Waals surface area (Å²) in [6.45, 7) is 0.433. The SMILES string of the molecule is O=C(OCC(Br)CBr)C(Br)C(Br)C(=O)OCC(Br)CBr. The van der Waals surface area contributed by atoms with Gasteiger partial charge in [-0.25, -0.2) is 0 Å². The lowest BCUT2D eigenvalue weighted by Gasteiger charge is -2.16. The first kappa shape index (κ1) is 21.8. The summed E-state index contributed by atoms with van der Waals surface area (Å²) in [5, 5.41) is 1.32. The molecule has 0 fully saturated rings. The van der Waals surface area contributed by atoms with Gasteiger partial charge in [0, 0.05) is 10.7 Å². The molecule has 4 unspecified atom stereocenters. The Morgan fingerprint density at radius 1 is 0.750 bits per heavy atom. The van der Waals surface area contributed by atoms with Crippen LogP contribution in [0.1, 0.15) is 0 Å². The van der Waals surface area contributed by atoms with Gasteiger partial charge in [0.1, 0.15) is 22.9 Å². The van der Waals surface area contributed by atoms with Gasteiger partial charge in [0.15, 0.2) is 0 Å². The molecule has 0 spiro atoms. The fraction of sp³-hybridized carbons (Fsp3) is 0.800. The number of rotatable bonds is 9. The van der Waals surface area contributed by atoms with Crippen molar-refractivity contribution in [2.75, 3.05) is 23.9 Å². The van der Waals surface area contributed by atoms with Crippen molar-refractivity contribution < 1.29 is 19.1 Å². The summed E-state index contributed by atoms with van der Waals surface area (Å²) in [5.74, 6) is -1.05. The molecular weight excluding hydrogens is 664 g/mol. The maximum absolute atomic E-state index is 11.7. The van der Waals surface area contributed by atoms with E-state index in [1.54, 1.807) is 0 Å². The molecule has 4 nitrogen and oxygen atoms in total. The maximum Gasteiger partial charge on any atom is 0.321 e. The predicted octanol–water partition coefficient (Wildman–Crippen LogP) is 3.92. The van der Waals surface area contributed by atoms with E-state index >= 15 is 0 Å². The molecule has 0 aliphatic carbocycles. The van der Waals surface area contributed by atoms with Crippen LogP contribution in [-0.2, 0) is 19.1 Å². The van der Waals surface area contributed by atoms with Crippen molar-refractivity contribution in [3.05, 3.63) is 0 Å². The first-order valence-electron chi connectivity index (χ1n) is 5.34. The van der Waals surface area contributed by atoms with Crippen LogP contribution in [0.5, 0.6) is 0 Å². The fourth-order valence-corrected chi connectivity index (χ4v) is 2.17. The highest BCUT2D eigenvalue weighted by Gasteiger charge is 2.32. The minimum atomic E-state index is -0.803. The summed E-state index contributed by atoms with van der Waals surface area (Å²) in [6, 6.07) is 0. The Bertz CT molecular complexity index is 286. The Labute approximate surface area is 168 Å². The van der Waals surface area contributed by atoms with Crippen molar-refractivity contribution in [2.24, 2.45) is 0 Å². The van der Waals surface area contributed by atoms with E-state index < -0.39 is 21.6 Å². The molecule has 0 radical (unpaired) electrons. The molecule has 0 aliphatic heterocycles. The Morgan fingerprint density at radius 2 is 1.05 bits per heavy atom. The second-order valence-corrected chi connectivity index (χ2v) is 9.42. The topological polar surface area (TPSA) is 52.6 Å². The summed E-state index contributed by atoms with van der Waals surface area (Å²) >= 11 is 19.4. The molecule has 0 N–H and O–H groups in total. The smallest absolute Gasteiger partial charge is 0.321 e. The van der Waals surface area contributed by atoms with Crippen molar-refractivity contribution in [1.29, 1.82) is 0 Å². The molecule has 0 aromatic carbocycles. The van der Waals surface area contributed by atoms with Crippen LogP contribution in [0.4, 0.5) is 0 Å². The van der Waals surface area contributed by atoms with Crippen LogP contribution < -0.4 is 0 Å². The molecule has 0 amide bonds. The molecule has 4 atom stereocenters. The van der Waals surface area contributed by atoms with E-state index in [1.165, 1.54) is 0 Å².